The molecule has 0 saturated heterocycles. The van der Waals surface area contributed by atoms with Gasteiger partial charge in [-0.15, -0.1) is 0 Å². The van der Waals surface area contributed by atoms with Crippen molar-refractivity contribution in [2.75, 3.05) is 21.0 Å². The molecule has 0 aliphatic heterocycles. The van der Waals surface area contributed by atoms with E-state index in [9.17, 15) is 9.18 Å². The monoisotopic (exact) mass is 228 g/mol. The molecule has 0 spiro atoms. The van der Waals surface area contributed by atoms with E-state index in [0.717, 1.165) is 6.07 Å². The number of benzene rings is 1. The van der Waals surface area contributed by atoms with Crippen LogP contribution in [-0.2, 0) is 9.47 Å². The fraction of sp³-hybridized carbons (Fsp3) is 0.364. The van der Waals surface area contributed by atoms with Crippen LogP contribution in [0.4, 0.5) is 4.39 Å². The zero-order valence-corrected chi connectivity index (χ0v) is 9.37. The number of carbonyl (C=O) groups is 1. The summed E-state index contributed by atoms with van der Waals surface area (Å²) < 4.78 is 27.7. The molecule has 0 radical (unpaired) electrons. The first-order chi connectivity index (χ1) is 7.60. The molecule has 1 rings (SSSR count). The number of ether oxygens (including phenoxy) is 3. The minimum Gasteiger partial charge on any atom is -0.465 e. The third-order valence-corrected chi connectivity index (χ3v) is 1.97. The lowest BCUT2D eigenvalue weighted by atomic mass is 10.1. The van der Waals surface area contributed by atoms with Gasteiger partial charge in [-0.1, -0.05) is 0 Å². The predicted molar refractivity (Wildman–Crippen MR) is 55.0 cm³/mol. The number of aryl methyl sites for hydroxylation is 1. The van der Waals surface area contributed by atoms with Gasteiger partial charge in [-0.25, -0.2) is 9.18 Å². The quantitative estimate of drug-likeness (QED) is 0.583. The number of carbonyl (C=O) groups excluding carboxylic acids is 1. The highest BCUT2D eigenvalue weighted by atomic mass is 19.1. The lowest BCUT2D eigenvalue weighted by Crippen LogP contribution is -2.06. The number of halogens is 1. The predicted octanol–water partition coefficient (Wildman–Crippen LogP) is 1.90. The van der Waals surface area contributed by atoms with Crippen molar-refractivity contribution in [1.82, 2.24) is 0 Å². The van der Waals surface area contributed by atoms with Gasteiger partial charge in [0.25, 0.3) is 0 Å². The van der Waals surface area contributed by atoms with Crippen molar-refractivity contribution in [3.63, 3.8) is 0 Å². The van der Waals surface area contributed by atoms with Crippen LogP contribution in [0, 0.1) is 12.7 Å². The Morgan fingerprint density at radius 2 is 2.06 bits per heavy atom. The molecule has 4 nitrogen and oxygen atoms in total. The van der Waals surface area contributed by atoms with Gasteiger partial charge in [-0.05, 0) is 24.6 Å². The first kappa shape index (κ1) is 12.4. The molecular weight excluding hydrogens is 215 g/mol. The van der Waals surface area contributed by atoms with Crippen LogP contribution < -0.4 is 4.74 Å². The highest BCUT2D eigenvalue weighted by molar-refractivity contribution is 5.89. The van der Waals surface area contributed by atoms with Gasteiger partial charge in [0.2, 0.25) is 0 Å². The maximum atomic E-state index is 13.5. The van der Waals surface area contributed by atoms with E-state index < -0.39 is 11.8 Å². The molecule has 0 atom stereocenters. The Kier molecular flexibility index (Phi) is 4.25. The van der Waals surface area contributed by atoms with Crippen LogP contribution >= 0.6 is 0 Å². The second kappa shape index (κ2) is 5.46. The molecule has 0 saturated carbocycles. The summed E-state index contributed by atoms with van der Waals surface area (Å²) in [6, 6.07) is 2.57. The van der Waals surface area contributed by atoms with Gasteiger partial charge in [-0.2, -0.15) is 0 Å². The molecule has 0 heterocycles. The second-order valence-electron chi connectivity index (χ2n) is 3.15. The molecule has 1 aromatic carbocycles. The summed E-state index contributed by atoms with van der Waals surface area (Å²) in [6.45, 7) is 1.59. The molecule has 5 heteroatoms. The standard InChI is InChI=1S/C11H13FO4/c1-7-4-8(11(13)15-3)5-9(12)10(7)16-6-14-2/h4-5H,6H2,1-3H3. The zero-order chi connectivity index (χ0) is 12.1. The van der Waals surface area contributed by atoms with E-state index in [1.54, 1.807) is 6.92 Å². The van der Waals surface area contributed by atoms with E-state index in [0.29, 0.717) is 5.56 Å². The van der Waals surface area contributed by atoms with Gasteiger partial charge in [-0.3, -0.25) is 0 Å². The number of methoxy groups -OCH3 is 2. The normalized spacial score (nSPS) is 10.0. The molecule has 1 aromatic rings. The molecular formula is C11H13FO4. The fourth-order valence-electron chi connectivity index (χ4n) is 1.27. The van der Waals surface area contributed by atoms with Crippen molar-refractivity contribution in [1.29, 1.82) is 0 Å². The Hall–Kier alpha value is -1.62. The molecule has 0 aromatic heterocycles. The zero-order valence-electron chi connectivity index (χ0n) is 9.37. The van der Waals surface area contributed by atoms with Crippen LogP contribution in [0.3, 0.4) is 0 Å². The number of rotatable bonds is 4. The molecule has 0 fully saturated rings. The van der Waals surface area contributed by atoms with E-state index >= 15 is 0 Å². The van der Waals surface area contributed by atoms with E-state index in [1.165, 1.54) is 20.3 Å². The molecule has 0 amide bonds. The van der Waals surface area contributed by atoms with E-state index in [-0.39, 0.29) is 18.1 Å². The molecule has 0 N–H and O–H groups in total. The first-order valence-electron chi connectivity index (χ1n) is 4.60. The molecule has 0 bridgehead atoms. The number of hydrogen-bond acceptors (Lipinski definition) is 4. The van der Waals surface area contributed by atoms with Crippen LogP contribution in [-0.4, -0.2) is 27.0 Å². The van der Waals surface area contributed by atoms with Crippen molar-refractivity contribution in [2.45, 2.75) is 6.92 Å². The fourth-order valence-corrected chi connectivity index (χ4v) is 1.27. The highest BCUT2D eigenvalue weighted by Gasteiger charge is 2.14. The molecule has 0 aliphatic rings. The van der Waals surface area contributed by atoms with Crippen LogP contribution in [0.25, 0.3) is 0 Å². The topological polar surface area (TPSA) is 44.8 Å². The average Bonchev–Trinajstić information content (AvgIpc) is 2.26. The summed E-state index contributed by atoms with van der Waals surface area (Å²) >= 11 is 0. The van der Waals surface area contributed by atoms with Crippen molar-refractivity contribution >= 4 is 5.97 Å². The van der Waals surface area contributed by atoms with Gasteiger partial charge in [0.1, 0.15) is 0 Å². The van der Waals surface area contributed by atoms with Crippen molar-refractivity contribution < 1.29 is 23.4 Å². The Morgan fingerprint density at radius 3 is 2.56 bits per heavy atom. The summed E-state index contributed by atoms with van der Waals surface area (Å²) in [7, 11) is 2.68. The Balaban J connectivity index is 3.02. The Morgan fingerprint density at radius 1 is 1.38 bits per heavy atom. The van der Waals surface area contributed by atoms with E-state index in [1.807, 2.05) is 0 Å². The van der Waals surface area contributed by atoms with Crippen LogP contribution in [0.2, 0.25) is 0 Å². The lowest BCUT2D eigenvalue weighted by Gasteiger charge is -2.10. The van der Waals surface area contributed by atoms with E-state index in [2.05, 4.69) is 9.47 Å². The van der Waals surface area contributed by atoms with Crippen molar-refractivity contribution in [2.24, 2.45) is 0 Å². The molecule has 16 heavy (non-hydrogen) atoms. The number of esters is 1. The van der Waals surface area contributed by atoms with E-state index in [4.69, 9.17) is 4.74 Å². The lowest BCUT2D eigenvalue weighted by molar-refractivity contribution is 0.0476. The van der Waals surface area contributed by atoms with Crippen LogP contribution in [0.15, 0.2) is 12.1 Å². The number of hydrogen-bond donors (Lipinski definition) is 0. The summed E-state index contributed by atoms with van der Waals surface area (Å²) in [5, 5.41) is 0. The highest BCUT2D eigenvalue weighted by Crippen LogP contribution is 2.24. The Labute approximate surface area is 92.9 Å². The first-order valence-corrected chi connectivity index (χ1v) is 4.60. The van der Waals surface area contributed by atoms with Gasteiger partial charge < -0.3 is 14.2 Å². The average molecular weight is 228 g/mol. The second-order valence-corrected chi connectivity index (χ2v) is 3.15. The minimum absolute atomic E-state index is 0.0463. The molecule has 0 unspecified atom stereocenters. The van der Waals surface area contributed by atoms with Gasteiger partial charge in [0, 0.05) is 7.11 Å². The summed E-state index contributed by atoms with van der Waals surface area (Å²) in [5.41, 5.74) is 0.666. The maximum Gasteiger partial charge on any atom is 0.337 e. The summed E-state index contributed by atoms with van der Waals surface area (Å²) in [4.78, 5) is 11.2. The molecule has 0 aliphatic carbocycles. The molecule has 88 valence electrons. The van der Waals surface area contributed by atoms with Gasteiger partial charge >= 0.3 is 5.97 Å². The SMILES string of the molecule is COCOc1c(C)cc(C(=O)OC)cc1F. The van der Waals surface area contributed by atoms with Crippen molar-refractivity contribution in [3.05, 3.63) is 29.1 Å². The smallest absolute Gasteiger partial charge is 0.337 e. The summed E-state index contributed by atoms with van der Waals surface area (Å²) in [5.74, 6) is -1.12. The maximum absolute atomic E-state index is 13.5. The third-order valence-electron chi connectivity index (χ3n) is 1.97. The Bertz CT molecular complexity index is 367. The minimum atomic E-state index is -0.613. The third kappa shape index (κ3) is 2.70. The van der Waals surface area contributed by atoms with Gasteiger partial charge in [0.05, 0.1) is 12.7 Å². The van der Waals surface area contributed by atoms with Crippen LogP contribution in [0.1, 0.15) is 15.9 Å². The van der Waals surface area contributed by atoms with Crippen LogP contribution in [0.5, 0.6) is 5.75 Å². The van der Waals surface area contributed by atoms with Crippen molar-refractivity contribution in [3.8, 4) is 5.75 Å². The summed E-state index contributed by atoms with van der Waals surface area (Å²) in [6.07, 6.45) is 0. The van der Waals surface area contributed by atoms with Gasteiger partial charge in [0.15, 0.2) is 18.4 Å². The largest absolute Gasteiger partial charge is 0.465 e.